The van der Waals surface area contributed by atoms with Crippen LogP contribution in [0.4, 0.5) is 0 Å². The third-order valence-electron chi connectivity index (χ3n) is 4.80. The Morgan fingerprint density at radius 3 is 2.39 bits per heavy atom. The molecule has 0 fully saturated rings. The van der Waals surface area contributed by atoms with E-state index in [1.54, 1.807) is 6.07 Å². The minimum absolute atomic E-state index is 0.103. The molecule has 0 bridgehead atoms. The van der Waals surface area contributed by atoms with Crippen molar-refractivity contribution in [2.45, 2.75) is 45.4 Å². The van der Waals surface area contributed by atoms with Crippen LogP contribution in [0.3, 0.4) is 0 Å². The number of hydrogen-bond donors (Lipinski definition) is 1. The summed E-state index contributed by atoms with van der Waals surface area (Å²) in [5, 5.41) is 6.84. The molecular weight excluding hydrogens is 348 g/mol. The van der Waals surface area contributed by atoms with Gasteiger partial charge in [0.25, 0.3) is 5.91 Å². The predicted octanol–water partition coefficient (Wildman–Crippen LogP) is 5.39. The Bertz CT molecular complexity index is 890. The Labute approximate surface area is 167 Å². The largest absolute Gasteiger partial charge is 0.355 e. The number of unbranched alkanes of at least 4 members (excludes halogenated alkanes) is 1. The molecule has 3 aromatic rings. The normalized spacial score (nSPS) is 11.4. The van der Waals surface area contributed by atoms with E-state index in [4.69, 9.17) is 4.52 Å². The van der Waals surface area contributed by atoms with Gasteiger partial charge in [-0.25, -0.2) is 0 Å². The lowest BCUT2D eigenvalue weighted by Crippen LogP contribution is -2.24. The summed E-state index contributed by atoms with van der Waals surface area (Å²) < 4.78 is 5.37. The maximum absolute atomic E-state index is 12.3. The molecular formula is C24H28N2O2. The molecule has 0 saturated heterocycles. The Balaban J connectivity index is 1.48. The first-order valence-corrected chi connectivity index (χ1v) is 9.83. The maximum atomic E-state index is 12.3. The van der Waals surface area contributed by atoms with Crippen LogP contribution in [0, 0.1) is 0 Å². The second-order valence-electron chi connectivity index (χ2n) is 8.10. The van der Waals surface area contributed by atoms with E-state index in [0.717, 1.165) is 24.8 Å². The van der Waals surface area contributed by atoms with E-state index in [9.17, 15) is 4.79 Å². The fourth-order valence-corrected chi connectivity index (χ4v) is 3.04. The summed E-state index contributed by atoms with van der Waals surface area (Å²) in [5.41, 5.74) is 3.92. The summed E-state index contributed by atoms with van der Waals surface area (Å²) in [6, 6.07) is 20.3. The van der Waals surface area contributed by atoms with Crippen LogP contribution in [0.25, 0.3) is 11.3 Å². The van der Waals surface area contributed by atoms with E-state index in [1.165, 1.54) is 11.1 Å². The van der Waals surface area contributed by atoms with Crippen LogP contribution in [0.2, 0.25) is 0 Å². The minimum atomic E-state index is -0.193. The van der Waals surface area contributed by atoms with Crippen molar-refractivity contribution in [2.24, 2.45) is 0 Å². The van der Waals surface area contributed by atoms with Gasteiger partial charge in [0.2, 0.25) is 0 Å². The number of amides is 1. The molecule has 0 aliphatic rings. The molecule has 0 atom stereocenters. The smallest absolute Gasteiger partial charge is 0.273 e. The maximum Gasteiger partial charge on any atom is 0.273 e. The van der Waals surface area contributed by atoms with E-state index in [-0.39, 0.29) is 11.3 Å². The van der Waals surface area contributed by atoms with Crippen molar-refractivity contribution < 1.29 is 9.32 Å². The zero-order valence-electron chi connectivity index (χ0n) is 16.9. The van der Waals surface area contributed by atoms with E-state index < -0.39 is 0 Å². The fourth-order valence-electron chi connectivity index (χ4n) is 3.04. The number of hydrogen-bond acceptors (Lipinski definition) is 3. The van der Waals surface area contributed by atoms with E-state index in [2.05, 4.69) is 67.6 Å². The Morgan fingerprint density at radius 1 is 1.00 bits per heavy atom. The molecule has 1 aromatic heterocycles. The standard InChI is InChI=1S/C24H28N2O2/c1-24(2,3)20-14-12-19(13-15-20)22-17-21(26-28-22)23(27)25-16-8-7-11-18-9-5-4-6-10-18/h4-6,9-10,12-15,17H,7-8,11,16H2,1-3H3,(H,25,27). The third kappa shape index (κ3) is 5.32. The molecule has 0 radical (unpaired) electrons. The number of aryl methyl sites for hydroxylation is 1. The van der Waals surface area contributed by atoms with Crippen molar-refractivity contribution in [3.05, 3.63) is 77.5 Å². The molecule has 0 saturated carbocycles. The Kier molecular flexibility index (Phi) is 6.30. The van der Waals surface area contributed by atoms with Crippen LogP contribution in [0.1, 0.15) is 55.2 Å². The van der Waals surface area contributed by atoms with Gasteiger partial charge in [-0.05, 0) is 35.8 Å². The first kappa shape index (κ1) is 19.9. The summed E-state index contributed by atoms with van der Waals surface area (Å²) in [4.78, 5) is 12.3. The quantitative estimate of drug-likeness (QED) is 0.562. The molecule has 1 N–H and O–H groups in total. The summed E-state index contributed by atoms with van der Waals surface area (Å²) in [5.74, 6) is 0.413. The molecule has 146 valence electrons. The van der Waals surface area contributed by atoms with Crippen LogP contribution in [-0.2, 0) is 11.8 Å². The lowest BCUT2D eigenvalue weighted by molar-refractivity contribution is 0.0944. The van der Waals surface area contributed by atoms with Crippen molar-refractivity contribution >= 4 is 5.91 Å². The van der Waals surface area contributed by atoms with Crippen LogP contribution < -0.4 is 5.32 Å². The highest BCUT2D eigenvalue weighted by atomic mass is 16.5. The lowest BCUT2D eigenvalue weighted by atomic mass is 9.86. The molecule has 0 aliphatic heterocycles. The van der Waals surface area contributed by atoms with E-state index in [1.807, 2.05) is 18.2 Å². The monoisotopic (exact) mass is 376 g/mol. The summed E-state index contributed by atoms with van der Waals surface area (Å²) >= 11 is 0. The number of nitrogens with one attached hydrogen (secondary N) is 1. The number of carbonyl (C=O) groups excluding carboxylic acids is 1. The van der Waals surface area contributed by atoms with E-state index in [0.29, 0.717) is 18.0 Å². The molecule has 1 heterocycles. The molecule has 0 unspecified atom stereocenters. The zero-order chi connectivity index (χ0) is 20.0. The van der Waals surface area contributed by atoms with Crippen LogP contribution in [0.5, 0.6) is 0 Å². The second-order valence-corrected chi connectivity index (χ2v) is 8.10. The zero-order valence-corrected chi connectivity index (χ0v) is 16.9. The average molecular weight is 376 g/mol. The van der Waals surface area contributed by atoms with Crippen LogP contribution in [-0.4, -0.2) is 17.6 Å². The molecule has 0 spiro atoms. The molecule has 0 aliphatic carbocycles. The number of carbonyl (C=O) groups is 1. The van der Waals surface area contributed by atoms with Gasteiger partial charge < -0.3 is 9.84 Å². The summed E-state index contributed by atoms with van der Waals surface area (Å²) in [7, 11) is 0. The molecule has 1 amide bonds. The average Bonchev–Trinajstić information content (AvgIpc) is 3.18. The first-order valence-electron chi connectivity index (χ1n) is 9.83. The van der Waals surface area contributed by atoms with Gasteiger partial charge in [-0.2, -0.15) is 0 Å². The van der Waals surface area contributed by atoms with Gasteiger partial charge in [-0.15, -0.1) is 0 Å². The molecule has 28 heavy (non-hydrogen) atoms. The second kappa shape index (κ2) is 8.87. The van der Waals surface area contributed by atoms with Crippen molar-refractivity contribution in [1.82, 2.24) is 10.5 Å². The SMILES string of the molecule is CC(C)(C)c1ccc(-c2cc(C(=O)NCCCCc3ccccc3)no2)cc1. The number of nitrogens with zero attached hydrogens (tertiary/aromatic N) is 1. The number of rotatable bonds is 7. The van der Waals surface area contributed by atoms with Gasteiger partial charge in [0.15, 0.2) is 11.5 Å². The van der Waals surface area contributed by atoms with Gasteiger partial charge in [0.05, 0.1) is 0 Å². The van der Waals surface area contributed by atoms with Crippen LogP contribution in [0.15, 0.2) is 65.2 Å². The third-order valence-corrected chi connectivity index (χ3v) is 4.80. The lowest BCUT2D eigenvalue weighted by Gasteiger charge is -2.18. The Hall–Kier alpha value is -2.88. The minimum Gasteiger partial charge on any atom is -0.355 e. The predicted molar refractivity (Wildman–Crippen MR) is 112 cm³/mol. The highest BCUT2D eigenvalue weighted by Crippen LogP contribution is 2.26. The van der Waals surface area contributed by atoms with Crippen molar-refractivity contribution in [1.29, 1.82) is 0 Å². The molecule has 2 aromatic carbocycles. The van der Waals surface area contributed by atoms with Gasteiger partial charge in [0, 0.05) is 18.2 Å². The van der Waals surface area contributed by atoms with Gasteiger partial charge >= 0.3 is 0 Å². The Morgan fingerprint density at radius 2 is 1.71 bits per heavy atom. The van der Waals surface area contributed by atoms with Gasteiger partial charge in [0.1, 0.15) is 0 Å². The summed E-state index contributed by atoms with van der Waals surface area (Å²) in [6.07, 6.45) is 2.99. The number of benzene rings is 2. The topological polar surface area (TPSA) is 55.1 Å². The van der Waals surface area contributed by atoms with E-state index >= 15 is 0 Å². The first-order chi connectivity index (χ1) is 13.4. The molecule has 3 rings (SSSR count). The fraction of sp³-hybridized carbons (Fsp3) is 0.333. The van der Waals surface area contributed by atoms with Crippen LogP contribution >= 0.6 is 0 Å². The summed E-state index contributed by atoms with van der Waals surface area (Å²) in [6.45, 7) is 7.17. The molecule has 4 heteroatoms. The van der Waals surface area contributed by atoms with Crippen molar-refractivity contribution in [3.8, 4) is 11.3 Å². The number of aromatic nitrogens is 1. The van der Waals surface area contributed by atoms with Crippen molar-refractivity contribution in [2.75, 3.05) is 6.54 Å². The highest BCUT2D eigenvalue weighted by molar-refractivity contribution is 5.93. The van der Waals surface area contributed by atoms with Crippen molar-refractivity contribution in [3.63, 3.8) is 0 Å². The van der Waals surface area contributed by atoms with Gasteiger partial charge in [-0.1, -0.05) is 80.5 Å². The highest BCUT2D eigenvalue weighted by Gasteiger charge is 2.16. The van der Waals surface area contributed by atoms with Gasteiger partial charge in [-0.3, -0.25) is 4.79 Å². The molecule has 4 nitrogen and oxygen atoms in total.